The summed E-state index contributed by atoms with van der Waals surface area (Å²) in [6.45, 7) is 0.723. The molecular weight excluding hydrogens is 288 g/mol. The first-order chi connectivity index (χ1) is 11.4. The summed E-state index contributed by atoms with van der Waals surface area (Å²) < 4.78 is 11.4. The molecule has 0 unspecified atom stereocenters. The van der Waals surface area contributed by atoms with Crippen LogP contribution in [0.25, 0.3) is 0 Å². The van der Waals surface area contributed by atoms with Crippen LogP contribution in [0, 0.1) is 0 Å². The van der Waals surface area contributed by atoms with Gasteiger partial charge in [0.1, 0.15) is 6.10 Å². The zero-order valence-corrected chi connectivity index (χ0v) is 12.8. The second-order valence-electron chi connectivity index (χ2n) is 5.81. The van der Waals surface area contributed by atoms with Crippen molar-refractivity contribution in [2.75, 3.05) is 6.61 Å². The minimum atomic E-state index is -0.144. The van der Waals surface area contributed by atoms with Crippen molar-refractivity contribution in [2.45, 2.75) is 24.9 Å². The molecule has 3 aromatic rings. The zero-order chi connectivity index (χ0) is 15.5. The molecule has 0 saturated carbocycles. The Kier molecular flexibility index (Phi) is 3.90. The van der Waals surface area contributed by atoms with Crippen LogP contribution in [0.1, 0.15) is 41.3 Å². The van der Waals surface area contributed by atoms with Crippen LogP contribution in [0.4, 0.5) is 0 Å². The summed E-state index contributed by atoms with van der Waals surface area (Å²) in [5.74, 6) is 1.57. The fraction of sp³-hybridized carbons (Fsp3) is 0.263. The molecule has 2 aromatic carbocycles. The van der Waals surface area contributed by atoms with Crippen LogP contribution in [0.15, 0.2) is 65.2 Å². The fourth-order valence-electron chi connectivity index (χ4n) is 3.11. The Balaban J connectivity index is 1.54. The first-order valence-corrected chi connectivity index (χ1v) is 7.93. The summed E-state index contributed by atoms with van der Waals surface area (Å²) in [4.78, 5) is 4.56. The van der Waals surface area contributed by atoms with Crippen LogP contribution in [-0.2, 0) is 11.2 Å². The maximum Gasteiger partial charge on any atom is 0.256 e. The lowest BCUT2D eigenvalue weighted by atomic mass is 9.92. The van der Waals surface area contributed by atoms with Gasteiger partial charge in [0.2, 0.25) is 0 Å². The van der Waals surface area contributed by atoms with E-state index >= 15 is 0 Å². The van der Waals surface area contributed by atoms with Gasteiger partial charge in [0, 0.05) is 18.9 Å². The van der Waals surface area contributed by atoms with Crippen LogP contribution < -0.4 is 0 Å². The van der Waals surface area contributed by atoms with Crippen LogP contribution in [-0.4, -0.2) is 16.7 Å². The Morgan fingerprint density at radius 2 is 1.70 bits per heavy atom. The van der Waals surface area contributed by atoms with Crippen LogP contribution in [0.5, 0.6) is 0 Å². The number of benzene rings is 2. The molecule has 0 radical (unpaired) electrons. The molecule has 116 valence electrons. The summed E-state index contributed by atoms with van der Waals surface area (Å²) in [5, 5.41) is 4.12. The Bertz CT molecular complexity index is 755. The molecule has 0 aliphatic carbocycles. The van der Waals surface area contributed by atoms with E-state index in [-0.39, 0.29) is 12.0 Å². The van der Waals surface area contributed by atoms with Crippen molar-refractivity contribution in [1.82, 2.24) is 10.1 Å². The van der Waals surface area contributed by atoms with E-state index in [0.717, 1.165) is 13.0 Å². The number of hydrogen-bond acceptors (Lipinski definition) is 4. The minimum absolute atomic E-state index is 0.144. The third kappa shape index (κ3) is 3.03. The van der Waals surface area contributed by atoms with Gasteiger partial charge in [0.05, 0.1) is 0 Å². The quantitative estimate of drug-likeness (QED) is 0.733. The lowest BCUT2D eigenvalue weighted by Crippen LogP contribution is -2.06. The third-order valence-electron chi connectivity index (χ3n) is 4.25. The van der Waals surface area contributed by atoms with Gasteiger partial charge in [-0.05, 0) is 17.5 Å². The topological polar surface area (TPSA) is 48.2 Å². The summed E-state index contributed by atoms with van der Waals surface area (Å²) in [6.07, 6.45) is 1.51. The molecule has 4 rings (SSSR count). The summed E-state index contributed by atoms with van der Waals surface area (Å²) in [6, 6.07) is 20.6. The molecule has 0 spiro atoms. The van der Waals surface area contributed by atoms with Gasteiger partial charge in [-0.15, -0.1) is 0 Å². The highest BCUT2D eigenvalue weighted by atomic mass is 16.5. The fourth-order valence-corrected chi connectivity index (χ4v) is 3.11. The van der Waals surface area contributed by atoms with E-state index < -0.39 is 0 Å². The van der Waals surface area contributed by atoms with Crippen molar-refractivity contribution in [3.05, 3.63) is 83.5 Å². The molecule has 4 nitrogen and oxygen atoms in total. The smallest absolute Gasteiger partial charge is 0.256 e. The highest BCUT2D eigenvalue weighted by Gasteiger charge is 2.35. The number of rotatable bonds is 4. The number of hydrogen-bond donors (Lipinski definition) is 0. The normalized spacial score (nSPS) is 20.7. The van der Waals surface area contributed by atoms with Gasteiger partial charge in [-0.3, -0.25) is 0 Å². The molecule has 1 aliphatic heterocycles. The van der Waals surface area contributed by atoms with Gasteiger partial charge < -0.3 is 9.26 Å². The Morgan fingerprint density at radius 3 is 2.48 bits per heavy atom. The van der Waals surface area contributed by atoms with Gasteiger partial charge in [-0.2, -0.15) is 4.98 Å². The van der Waals surface area contributed by atoms with Gasteiger partial charge >= 0.3 is 0 Å². The lowest BCUT2D eigenvalue weighted by Gasteiger charge is -2.14. The van der Waals surface area contributed by atoms with E-state index in [2.05, 4.69) is 46.5 Å². The van der Waals surface area contributed by atoms with Crippen molar-refractivity contribution >= 4 is 0 Å². The first-order valence-electron chi connectivity index (χ1n) is 7.93. The Labute approximate surface area is 135 Å². The van der Waals surface area contributed by atoms with E-state index in [1.807, 2.05) is 24.3 Å². The molecule has 4 heteroatoms. The summed E-state index contributed by atoms with van der Waals surface area (Å²) in [7, 11) is 0. The first kappa shape index (κ1) is 14.2. The highest BCUT2D eigenvalue weighted by Crippen LogP contribution is 2.40. The molecule has 1 aromatic heterocycles. The third-order valence-corrected chi connectivity index (χ3v) is 4.25. The zero-order valence-electron chi connectivity index (χ0n) is 12.8. The molecule has 1 saturated heterocycles. The van der Waals surface area contributed by atoms with E-state index in [1.165, 1.54) is 11.1 Å². The average Bonchev–Trinajstić information content (AvgIpc) is 3.25. The predicted molar refractivity (Wildman–Crippen MR) is 86.0 cm³/mol. The van der Waals surface area contributed by atoms with Crippen molar-refractivity contribution in [1.29, 1.82) is 0 Å². The van der Waals surface area contributed by atoms with E-state index in [0.29, 0.717) is 18.1 Å². The molecule has 0 N–H and O–H groups in total. The van der Waals surface area contributed by atoms with Crippen molar-refractivity contribution in [3.8, 4) is 0 Å². The molecule has 1 fully saturated rings. The minimum Gasteiger partial charge on any atom is -0.368 e. The summed E-state index contributed by atoms with van der Waals surface area (Å²) >= 11 is 0. The second kappa shape index (κ2) is 6.34. The maximum absolute atomic E-state index is 5.87. The summed E-state index contributed by atoms with van der Waals surface area (Å²) in [5.41, 5.74) is 2.43. The second-order valence-corrected chi connectivity index (χ2v) is 5.81. The number of ether oxygens (including phenoxy) is 1. The maximum atomic E-state index is 5.87. The molecular formula is C19H18N2O2. The van der Waals surface area contributed by atoms with E-state index in [9.17, 15) is 0 Å². The van der Waals surface area contributed by atoms with Crippen LogP contribution >= 0.6 is 0 Å². The van der Waals surface area contributed by atoms with Crippen LogP contribution in [0.3, 0.4) is 0 Å². The van der Waals surface area contributed by atoms with Gasteiger partial charge in [0.25, 0.3) is 5.89 Å². The van der Waals surface area contributed by atoms with E-state index in [4.69, 9.17) is 9.26 Å². The van der Waals surface area contributed by atoms with Crippen molar-refractivity contribution < 1.29 is 9.26 Å². The van der Waals surface area contributed by atoms with Gasteiger partial charge in [0.15, 0.2) is 5.82 Å². The van der Waals surface area contributed by atoms with Gasteiger partial charge in [-0.1, -0.05) is 65.8 Å². The highest BCUT2D eigenvalue weighted by molar-refractivity contribution is 5.23. The Hall–Kier alpha value is -2.46. The van der Waals surface area contributed by atoms with Crippen molar-refractivity contribution in [2.24, 2.45) is 0 Å². The van der Waals surface area contributed by atoms with Gasteiger partial charge in [-0.25, -0.2) is 0 Å². The lowest BCUT2D eigenvalue weighted by molar-refractivity contribution is 0.0758. The molecule has 23 heavy (non-hydrogen) atoms. The Morgan fingerprint density at radius 1 is 0.957 bits per heavy atom. The number of nitrogens with zero attached hydrogens (tertiary/aromatic N) is 2. The predicted octanol–water partition coefficient (Wildman–Crippen LogP) is 3.91. The standard InChI is InChI=1S/C19H18N2O2/c1-3-7-14(8-4-1)13-17-20-19(23-21-17)18-16(11-12-22-18)15-9-5-2-6-10-15/h1-10,16,18H,11-13H2/t16-,18-/m0/s1. The monoisotopic (exact) mass is 306 g/mol. The molecule has 0 bridgehead atoms. The molecule has 2 heterocycles. The number of aromatic nitrogens is 2. The van der Waals surface area contributed by atoms with E-state index in [1.54, 1.807) is 0 Å². The molecule has 2 atom stereocenters. The average molecular weight is 306 g/mol. The molecule has 1 aliphatic rings. The molecule has 0 amide bonds. The SMILES string of the molecule is c1ccc(Cc2noc([C@H]3OCC[C@H]3c3ccccc3)n2)cc1. The van der Waals surface area contributed by atoms with Crippen molar-refractivity contribution in [3.63, 3.8) is 0 Å². The largest absolute Gasteiger partial charge is 0.368 e. The van der Waals surface area contributed by atoms with Crippen LogP contribution in [0.2, 0.25) is 0 Å².